The van der Waals surface area contributed by atoms with E-state index < -0.39 is 0 Å². The van der Waals surface area contributed by atoms with Gasteiger partial charge in [0, 0.05) is 38.1 Å². The number of nitrogens with zero attached hydrogens (tertiary/aromatic N) is 2. The van der Waals surface area contributed by atoms with E-state index in [0.717, 1.165) is 64.7 Å². The number of hydrogen-bond donors (Lipinski definition) is 1. The summed E-state index contributed by atoms with van der Waals surface area (Å²) in [5, 5.41) is 3.18. The maximum absolute atomic E-state index is 12.8. The summed E-state index contributed by atoms with van der Waals surface area (Å²) in [6.45, 7) is 8.58. The number of carbonyl (C=O) groups is 2. The smallest absolute Gasteiger partial charge is 0.225 e. The second kappa shape index (κ2) is 8.86. The molecule has 4 rings (SSSR count). The Labute approximate surface area is 174 Å². The van der Waals surface area contributed by atoms with Crippen molar-refractivity contribution < 1.29 is 9.59 Å². The van der Waals surface area contributed by atoms with Crippen molar-refractivity contribution in [2.24, 2.45) is 11.8 Å². The fourth-order valence-electron chi connectivity index (χ4n) is 4.92. The zero-order valence-corrected chi connectivity index (χ0v) is 18.0. The van der Waals surface area contributed by atoms with Crippen LogP contribution < -0.4 is 5.32 Å². The van der Waals surface area contributed by atoms with E-state index in [4.69, 9.17) is 0 Å². The molecule has 2 saturated heterocycles. The van der Waals surface area contributed by atoms with Gasteiger partial charge < -0.3 is 10.2 Å². The lowest BCUT2D eigenvalue weighted by molar-refractivity contribution is -0.134. The number of piperidine rings is 2. The third kappa shape index (κ3) is 4.82. The molecule has 5 nitrogen and oxygen atoms in total. The van der Waals surface area contributed by atoms with Gasteiger partial charge in [0.1, 0.15) is 0 Å². The van der Waals surface area contributed by atoms with E-state index >= 15 is 0 Å². The number of amides is 2. The predicted octanol–water partition coefficient (Wildman–Crippen LogP) is 3.03. The fourth-order valence-corrected chi connectivity index (χ4v) is 4.92. The Morgan fingerprint density at radius 1 is 1.00 bits per heavy atom. The van der Waals surface area contributed by atoms with Gasteiger partial charge in [-0.05, 0) is 75.6 Å². The second-order valence-corrected chi connectivity index (χ2v) is 9.24. The van der Waals surface area contributed by atoms with Crippen LogP contribution in [0.1, 0.15) is 55.2 Å². The van der Waals surface area contributed by atoms with Crippen LogP contribution in [-0.2, 0) is 16.1 Å². The normalized spacial score (nSPS) is 23.8. The molecule has 0 bridgehead atoms. The molecule has 2 aliphatic heterocycles. The first-order valence-electron chi connectivity index (χ1n) is 11.4. The van der Waals surface area contributed by atoms with Gasteiger partial charge >= 0.3 is 0 Å². The molecule has 0 aromatic heterocycles. The van der Waals surface area contributed by atoms with Gasteiger partial charge in [0.05, 0.1) is 5.92 Å². The molecular weight excluding hydrogens is 362 g/mol. The lowest BCUT2D eigenvalue weighted by atomic mass is 9.93. The Morgan fingerprint density at radius 3 is 2.48 bits per heavy atom. The fraction of sp³-hybridized carbons (Fsp3) is 0.667. The SMILES string of the molecule is Cc1cccc(CNC(=O)[C@H]2CCCN(C3CCN(C(=O)C4CC4)CC3)C2)c1C. The highest BCUT2D eigenvalue weighted by molar-refractivity contribution is 5.81. The third-order valence-corrected chi connectivity index (χ3v) is 7.21. The first kappa shape index (κ1) is 20.4. The second-order valence-electron chi connectivity index (χ2n) is 9.24. The summed E-state index contributed by atoms with van der Waals surface area (Å²) in [6, 6.07) is 6.80. The molecule has 3 aliphatic rings. The van der Waals surface area contributed by atoms with Gasteiger partial charge in [0.15, 0.2) is 0 Å². The van der Waals surface area contributed by atoms with Crippen molar-refractivity contribution in [3.63, 3.8) is 0 Å². The van der Waals surface area contributed by atoms with Gasteiger partial charge in [0.25, 0.3) is 0 Å². The van der Waals surface area contributed by atoms with Crippen LogP contribution in [-0.4, -0.2) is 53.8 Å². The largest absolute Gasteiger partial charge is 0.352 e. The van der Waals surface area contributed by atoms with E-state index in [1.165, 1.54) is 16.7 Å². The molecule has 29 heavy (non-hydrogen) atoms. The lowest BCUT2D eigenvalue weighted by Gasteiger charge is -2.42. The number of likely N-dealkylation sites (tertiary alicyclic amines) is 2. The highest BCUT2D eigenvalue weighted by atomic mass is 16.2. The van der Waals surface area contributed by atoms with E-state index in [9.17, 15) is 9.59 Å². The monoisotopic (exact) mass is 397 g/mol. The van der Waals surface area contributed by atoms with Crippen molar-refractivity contribution in [3.8, 4) is 0 Å². The molecule has 1 saturated carbocycles. The molecule has 0 unspecified atom stereocenters. The average molecular weight is 398 g/mol. The van der Waals surface area contributed by atoms with Crippen molar-refractivity contribution in [1.82, 2.24) is 15.1 Å². The van der Waals surface area contributed by atoms with E-state index in [-0.39, 0.29) is 11.8 Å². The Morgan fingerprint density at radius 2 is 1.76 bits per heavy atom. The molecule has 2 heterocycles. The molecule has 3 fully saturated rings. The molecule has 1 N–H and O–H groups in total. The van der Waals surface area contributed by atoms with Crippen LogP contribution in [0.15, 0.2) is 18.2 Å². The quantitative estimate of drug-likeness (QED) is 0.831. The predicted molar refractivity (Wildman–Crippen MR) is 114 cm³/mol. The Hall–Kier alpha value is -1.88. The van der Waals surface area contributed by atoms with Crippen molar-refractivity contribution >= 4 is 11.8 Å². The molecule has 1 aromatic rings. The Balaban J connectivity index is 1.26. The van der Waals surface area contributed by atoms with Crippen molar-refractivity contribution in [2.45, 2.75) is 65.0 Å². The minimum atomic E-state index is 0.0833. The van der Waals surface area contributed by atoms with E-state index in [1.54, 1.807) is 0 Å². The van der Waals surface area contributed by atoms with E-state index in [1.807, 2.05) is 0 Å². The molecule has 0 radical (unpaired) electrons. The molecule has 1 aliphatic carbocycles. The van der Waals surface area contributed by atoms with Gasteiger partial charge in [0.2, 0.25) is 11.8 Å². The first-order chi connectivity index (χ1) is 14.0. The highest BCUT2D eigenvalue weighted by Crippen LogP contribution is 2.32. The van der Waals surface area contributed by atoms with Gasteiger partial charge in [-0.25, -0.2) is 0 Å². The number of rotatable bonds is 5. The molecule has 1 aromatic carbocycles. The topological polar surface area (TPSA) is 52.7 Å². The molecule has 2 amide bonds. The summed E-state index contributed by atoms with van der Waals surface area (Å²) in [5.41, 5.74) is 3.75. The molecule has 1 atom stereocenters. The summed E-state index contributed by atoms with van der Waals surface area (Å²) in [7, 11) is 0. The van der Waals surface area contributed by atoms with Crippen molar-refractivity contribution in [3.05, 3.63) is 34.9 Å². The summed E-state index contributed by atoms with van der Waals surface area (Å²) in [6.07, 6.45) is 6.34. The van der Waals surface area contributed by atoms with Gasteiger partial charge in [-0.3, -0.25) is 14.5 Å². The van der Waals surface area contributed by atoms with Crippen LogP contribution in [0.3, 0.4) is 0 Å². The summed E-state index contributed by atoms with van der Waals surface area (Å²) in [4.78, 5) is 29.7. The van der Waals surface area contributed by atoms with Gasteiger partial charge in [-0.1, -0.05) is 18.2 Å². The molecule has 158 valence electrons. The van der Waals surface area contributed by atoms with E-state index in [0.29, 0.717) is 24.4 Å². The average Bonchev–Trinajstić information content (AvgIpc) is 3.60. The summed E-state index contributed by atoms with van der Waals surface area (Å²) < 4.78 is 0. The molecule has 5 heteroatoms. The van der Waals surface area contributed by atoms with Crippen LogP contribution in [0.2, 0.25) is 0 Å². The minimum absolute atomic E-state index is 0.0833. The maximum atomic E-state index is 12.8. The number of benzene rings is 1. The molecule has 0 spiro atoms. The highest BCUT2D eigenvalue weighted by Gasteiger charge is 2.37. The zero-order valence-electron chi connectivity index (χ0n) is 18.0. The summed E-state index contributed by atoms with van der Waals surface area (Å²) >= 11 is 0. The van der Waals surface area contributed by atoms with Gasteiger partial charge in [-0.15, -0.1) is 0 Å². The lowest BCUT2D eigenvalue weighted by Crippen LogP contribution is -2.51. The Bertz CT molecular complexity index is 750. The third-order valence-electron chi connectivity index (χ3n) is 7.21. The van der Waals surface area contributed by atoms with Crippen LogP contribution in [0, 0.1) is 25.7 Å². The number of hydrogen-bond acceptors (Lipinski definition) is 3. The minimum Gasteiger partial charge on any atom is -0.352 e. The maximum Gasteiger partial charge on any atom is 0.225 e. The summed E-state index contributed by atoms with van der Waals surface area (Å²) in [5.74, 6) is 0.981. The van der Waals surface area contributed by atoms with E-state index in [2.05, 4.69) is 47.2 Å². The number of nitrogens with one attached hydrogen (secondary N) is 1. The first-order valence-corrected chi connectivity index (χ1v) is 11.4. The van der Waals surface area contributed by atoms with Crippen LogP contribution in [0.25, 0.3) is 0 Å². The van der Waals surface area contributed by atoms with Crippen molar-refractivity contribution in [1.29, 1.82) is 0 Å². The zero-order chi connectivity index (χ0) is 20.4. The Kier molecular flexibility index (Phi) is 6.23. The molecular formula is C24H35N3O2. The van der Waals surface area contributed by atoms with Crippen LogP contribution in [0.4, 0.5) is 0 Å². The standard InChI is InChI=1S/C24H35N3O2/c1-17-5-3-6-20(18(17)2)15-25-23(28)21-7-4-12-27(16-21)22-10-13-26(14-11-22)24(29)19-8-9-19/h3,5-6,19,21-22H,4,7-16H2,1-2H3,(H,25,28)/t21-/m0/s1. The van der Waals surface area contributed by atoms with Crippen LogP contribution in [0.5, 0.6) is 0 Å². The van der Waals surface area contributed by atoms with Crippen molar-refractivity contribution in [2.75, 3.05) is 26.2 Å². The van der Waals surface area contributed by atoms with Crippen LogP contribution >= 0.6 is 0 Å². The number of carbonyl (C=O) groups excluding carboxylic acids is 2. The van der Waals surface area contributed by atoms with Gasteiger partial charge in [-0.2, -0.15) is 0 Å². The number of aryl methyl sites for hydroxylation is 1.